The van der Waals surface area contributed by atoms with Gasteiger partial charge in [0.25, 0.3) is 6.43 Å². The summed E-state index contributed by atoms with van der Waals surface area (Å²) in [4.78, 5) is 3.57. The number of anilines is 1. The molecule has 12 heavy (non-hydrogen) atoms. The molecule has 5 heteroatoms. The van der Waals surface area contributed by atoms with Crippen LogP contribution in [0.4, 0.5) is 14.5 Å². The van der Waals surface area contributed by atoms with Crippen molar-refractivity contribution >= 4 is 21.6 Å². The summed E-state index contributed by atoms with van der Waals surface area (Å²) in [7, 11) is 0. The average molecular weight is 237 g/mol. The van der Waals surface area contributed by atoms with Gasteiger partial charge in [-0.15, -0.1) is 0 Å². The van der Waals surface area contributed by atoms with Gasteiger partial charge in [-0.3, -0.25) is 0 Å². The molecule has 0 bridgehead atoms. The highest BCUT2D eigenvalue weighted by molar-refractivity contribution is 9.10. The number of halogens is 3. The van der Waals surface area contributed by atoms with Crippen LogP contribution in [0.1, 0.15) is 17.7 Å². The van der Waals surface area contributed by atoms with Crippen LogP contribution >= 0.6 is 15.9 Å². The second kappa shape index (κ2) is 3.35. The summed E-state index contributed by atoms with van der Waals surface area (Å²) in [5.41, 5.74) is 5.70. The minimum atomic E-state index is -2.62. The van der Waals surface area contributed by atoms with Gasteiger partial charge in [0.05, 0.1) is 5.69 Å². The fourth-order valence-electron chi connectivity index (χ4n) is 0.832. The number of hydrogen-bond acceptors (Lipinski definition) is 2. The molecule has 1 aromatic rings. The quantitative estimate of drug-likeness (QED) is 0.762. The van der Waals surface area contributed by atoms with E-state index in [9.17, 15) is 8.78 Å². The first-order chi connectivity index (χ1) is 5.52. The molecule has 0 spiro atoms. The lowest BCUT2D eigenvalue weighted by molar-refractivity contribution is 0.147. The van der Waals surface area contributed by atoms with Crippen molar-refractivity contribution in [3.8, 4) is 0 Å². The molecule has 0 saturated heterocycles. The van der Waals surface area contributed by atoms with Crippen molar-refractivity contribution in [2.45, 2.75) is 13.3 Å². The Kier molecular flexibility index (Phi) is 2.62. The molecule has 0 aliphatic rings. The molecule has 0 unspecified atom stereocenters. The molecule has 0 saturated carbocycles. The first-order valence-electron chi connectivity index (χ1n) is 3.23. The molecule has 0 atom stereocenters. The Labute approximate surface area is 76.9 Å². The van der Waals surface area contributed by atoms with Crippen molar-refractivity contribution in [1.82, 2.24) is 4.98 Å². The summed E-state index contributed by atoms with van der Waals surface area (Å²) in [5.74, 6) is 0. The van der Waals surface area contributed by atoms with Gasteiger partial charge in [-0.2, -0.15) is 0 Å². The number of nitrogen functional groups attached to an aromatic ring is 1. The molecule has 66 valence electrons. The Balaban J connectivity index is 3.28. The van der Waals surface area contributed by atoms with E-state index < -0.39 is 6.43 Å². The molecule has 2 nitrogen and oxygen atoms in total. The normalized spacial score (nSPS) is 10.8. The average Bonchev–Trinajstić information content (AvgIpc) is 1.96. The highest BCUT2D eigenvalue weighted by Crippen LogP contribution is 2.27. The molecular weight excluding hydrogens is 230 g/mol. The molecule has 0 radical (unpaired) electrons. The number of aromatic nitrogens is 1. The van der Waals surface area contributed by atoms with Gasteiger partial charge < -0.3 is 5.73 Å². The number of pyridine rings is 1. The first kappa shape index (κ1) is 9.38. The fourth-order valence-corrected chi connectivity index (χ4v) is 1.37. The Morgan fingerprint density at radius 1 is 1.58 bits per heavy atom. The molecule has 1 heterocycles. The Hall–Kier alpha value is -0.710. The lowest BCUT2D eigenvalue weighted by atomic mass is 10.2. The summed E-state index contributed by atoms with van der Waals surface area (Å²) in [6, 6.07) is 1.60. The Morgan fingerprint density at radius 3 is 2.67 bits per heavy atom. The molecule has 0 aromatic carbocycles. The summed E-state index contributed by atoms with van der Waals surface area (Å²) in [5, 5.41) is 0. The third-order valence-electron chi connectivity index (χ3n) is 1.47. The van der Waals surface area contributed by atoms with Gasteiger partial charge in [0.1, 0.15) is 10.3 Å². The Morgan fingerprint density at radius 2 is 2.17 bits per heavy atom. The van der Waals surface area contributed by atoms with Crippen LogP contribution in [0.2, 0.25) is 0 Å². The van der Waals surface area contributed by atoms with Crippen LogP contribution in [0.25, 0.3) is 0 Å². The summed E-state index contributed by atoms with van der Waals surface area (Å²) < 4.78 is 24.8. The SMILES string of the molecule is Cc1cc(Br)nc(C(F)F)c1N. The van der Waals surface area contributed by atoms with E-state index in [1.807, 2.05) is 0 Å². The number of nitrogens with two attached hydrogens (primary N) is 1. The summed E-state index contributed by atoms with van der Waals surface area (Å²) >= 11 is 3.02. The van der Waals surface area contributed by atoms with Gasteiger partial charge >= 0.3 is 0 Å². The maximum absolute atomic E-state index is 12.2. The summed E-state index contributed by atoms with van der Waals surface area (Å²) in [6.45, 7) is 1.66. The standard InChI is InChI=1S/C7H7BrF2N2/c1-3-2-4(8)12-6(5(3)11)7(9)10/h2,7H,11H2,1H3. The largest absolute Gasteiger partial charge is 0.397 e. The predicted octanol–water partition coefficient (Wildman–Crippen LogP) is 2.67. The smallest absolute Gasteiger partial charge is 0.282 e. The zero-order valence-corrected chi connectivity index (χ0v) is 7.90. The molecule has 1 aromatic heterocycles. The van der Waals surface area contributed by atoms with Gasteiger partial charge in [0.2, 0.25) is 0 Å². The van der Waals surface area contributed by atoms with Gasteiger partial charge in [0, 0.05) is 0 Å². The minimum Gasteiger partial charge on any atom is -0.397 e. The van der Waals surface area contributed by atoms with Gasteiger partial charge in [-0.1, -0.05) is 0 Å². The zero-order valence-electron chi connectivity index (χ0n) is 6.31. The van der Waals surface area contributed by atoms with E-state index in [0.29, 0.717) is 10.2 Å². The van der Waals surface area contributed by atoms with E-state index in [-0.39, 0.29) is 11.4 Å². The molecule has 0 fully saturated rings. The van der Waals surface area contributed by atoms with Crippen LogP contribution in [0, 0.1) is 6.92 Å². The lowest BCUT2D eigenvalue weighted by Crippen LogP contribution is -2.01. The lowest BCUT2D eigenvalue weighted by Gasteiger charge is -2.06. The number of rotatable bonds is 1. The maximum atomic E-state index is 12.2. The van der Waals surface area contributed by atoms with E-state index in [2.05, 4.69) is 20.9 Å². The van der Waals surface area contributed by atoms with Crippen molar-refractivity contribution in [1.29, 1.82) is 0 Å². The van der Waals surface area contributed by atoms with E-state index in [0.717, 1.165) is 0 Å². The number of hydrogen-bond donors (Lipinski definition) is 1. The van der Waals surface area contributed by atoms with Crippen molar-refractivity contribution in [3.05, 3.63) is 21.9 Å². The highest BCUT2D eigenvalue weighted by Gasteiger charge is 2.15. The van der Waals surface area contributed by atoms with Gasteiger partial charge in [0.15, 0.2) is 0 Å². The van der Waals surface area contributed by atoms with Crippen LogP contribution in [-0.4, -0.2) is 4.98 Å². The molecular formula is C7H7BrF2N2. The molecule has 0 amide bonds. The zero-order chi connectivity index (χ0) is 9.30. The van der Waals surface area contributed by atoms with Gasteiger partial charge in [-0.05, 0) is 34.5 Å². The van der Waals surface area contributed by atoms with Crippen LogP contribution in [0.15, 0.2) is 10.7 Å². The van der Waals surface area contributed by atoms with E-state index in [4.69, 9.17) is 5.73 Å². The molecule has 2 N–H and O–H groups in total. The third kappa shape index (κ3) is 1.72. The van der Waals surface area contributed by atoms with E-state index >= 15 is 0 Å². The minimum absolute atomic E-state index is 0.0631. The maximum Gasteiger partial charge on any atom is 0.282 e. The van der Waals surface area contributed by atoms with Crippen molar-refractivity contribution in [3.63, 3.8) is 0 Å². The third-order valence-corrected chi connectivity index (χ3v) is 1.88. The highest BCUT2D eigenvalue weighted by atomic mass is 79.9. The topological polar surface area (TPSA) is 38.9 Å². The number of nitrogens with zero attached hydrogens (tertiary/aromatic N) is 1. The number of aryl methyl sites for hydroxylation is 1. The molecule has 0 aliphatic carbocycles. The first-order valence-corrected chi connectivity index (χ1v) is 4.02. The van der Waals surface area contributed by atoms with Crippen LogP contribution < -0.4 is 5.73 Å². The van der Waals surface area contributed by atoms with Crippen LogP contribution in [-0.2, 0) is 0 Å². The second-order valence-electron chi connectivity index (χ2n) is 2.36. The molecule has 0 aliphatic heterocycles. The van der Waals surface area contributed by atoms with E-state index in [1.165, 1.54) is 0 Å². The van der Waals surface area contributed by atoms with Crippen LogP contribution in [0.5, 0.6) is 0 Å². The monoisotopic (exact) mass is 236 g/mol. The van der Waals surface area contributed by atoms with Gasteiger partial charge in [-0.25, -0.2) is 13.8 Å². The fraction of sp³-hybridized carbons (Fsp3) is 0.286. The predicted molar refractivity (Wildman–Crippen MR) is 46.0 cm³/mol. The van der Waals surface area contributed by atoms with Crippen LogP contribution in [0.3, 0.4) is 0 Å². The number of alkyl halides is 2. The Bertz CT molecular complexity index is 302. The van der Waals surface area contributed by atoms with E-state index in [1.54, 1.807) is 13.0 Å². The van der Waals surface area contributed by atoms with Crippen molar-refractivity contribution < 1.29 is 8.78 Å². The van der Waals surface area contributed by atoms with Crippen molar-refractivity contribution in [2.24, 2.45) is 0 Å². The van der Waals surface area contributed by atoms with Crippen molar-refractivity contribution in [2.75, 3.05) is 5.73 Å². The second-order valence-corrected chi connectivity index (χ2v) is 3.17. The molecule has 1 rings (SSSR count). The summed E-state index contributed by atoms with van der Waals surface area (Å²) in [6.07, 6.45) is -2.62.